The molecule has 2 nitrogen and oxygen atoms in total. The normalized spacial score (nSPS) is 29.8. The minimum absolute atomic E-state index is 0.442. The molecule has 0 spiro atoms. The van der Waals surface area contributed by atoms with Gasteiger partial charge >= 0.3 is 0 Å². The minimum atomic E-state index is -0.442. The van der Waals surface area contributed by atoms with Crippen molar-refractivity contribution in [2.75, 3.05) is 13.1 Å². The molecule has 1 N–H and O–H groups in total. The molecular weight excluding hydrogens is 162 g/mol. The number of hydrogen-bond donors (Lipinski definition) is 1. The molecule has 1 rings (SSSR count). The highest BCUT2D eigenvalue weighted by Crippen LogP contribution is 2.21. The molecular formula is C11H25NO. The number of aliphatic hydroxyl groups is 1. The van der Waals surface area contributed by atoms with Gasteiger partial charge in [0, 0.05) is 12.6 Å². The van der Waals surface area contributed by atoms with Crippen LogP contribution in [-0.4, -0.2) is 34.7 Å². The molecule has 1 aliphatic heterocycles. The van der Waals surface area contributed by atoms with Crippen molar-refractivity contribution < 1.29 is 5.11 Å². The molecule has 2 heteroatoms. The average molecular weight is 187 g/mol. The fourth-order valence-corrected chi connectivity index (χ4v) is 1.70. The Morgan fingerprint density at radius 2 is 1.85 bits per heavy atom. The predicted octanol–water partition coefficient (Wildman–Crippen LogP) is 2.27. The van der Waals surface area contributed by atoms with E-state index in [1.54, 1.807) is 0 Å². The van der Waals surface area contributed by atoms with Gasteiger partial charge in [0.1, 0.15) is 0 Å². The van der Waals surface area contributed by atoms with Crippen LogP contribution in [0.2, 0.25) is 0 Å². The highest BCUT2D eigenvalue weighted by molar-refractivity contribution is 4.83. The molecule has 1 atom stereocenters. The van der Waals surface area contributed by atoms with E-state index in [-0.39, 0.29) is 0 Å². The van der Waals surface area contributed by atoms with E-state index in [9.17, 15) is 5.11 Å². The van der Waals surface area contributed by atoms with Gasteiger partial charge in [-0.15, -0.1) is 0 Å². The molecule has 0 aromatic carbocycles. The lowest BCUT2D eigenvalue weighted by atomic mass is 9.94. The summed E-state index contributed by atoms with van der Waals surface area (Å²) in [6.45, 7) is 12.3. The lowest BCUT2D eigenvalue weighted by Crippen LogP contribution is -2.48. The predicted molar refractivity (Wildman–Crippen MR) is 57.9 cm³/mol. The molecule has 0 bridgehead atoms. The van der Waals surface area contributed by atoms with E-state index in [2.05, 4.69) is 18.7 Å². The van der Waals surface area contributed by atoms with Crippen molar-refractivity contribution in [3.63, 3.8) is 0 Å². The van der Waals surface area contributed by atoms with E-state index in [1.165, 1.54) is 0 Å². The second-order valence-corrected chi connectivity index (χ2v) is 4.16. The zero-order valence-corrected chi connectivity index (χ0v) is 9.80. The smallest absolute Gasteiger partial charge is 0.0746 e. The highest BCUT2D eigenvalue weighted by atomic mass is 16.3. The molecule has 80 valence electrons. The number of β-amino-alcohol motifs (C(OH)–C–C–N with tert-alkyl or cyclic N) is 1. The van der Waals surface area contributed by atoms with Crippen LogP contribution in [0.1, 0.15) is 47.5 Å². The van der Waals surface area contributed by atoms with Crippen LogP contribution in [0, 0.1) is 0 Å². The van der Waals surface area contributed by atoms with E-state index < -0.39 is 5.60 Å². The molecule has 1 unspecified atom stereocenters. The van der Waals surface area contributed by atoms with Gasteiger partial charge in [-0.2, -0.15) is 0 Å². The van der Waals surface area contributed by atoms with Crippen LogP contribution >= 0.6 is 0 Å². The molecule has 0 saturated carbocycles. The van der Waals surface area contributed by atoms with Gasteiger partial charge in [-0.1, -0.05) is 13.8 Å². The van der Waals surface area contributed by atoms with Gasteiger partial charge in [0.25, 0.3) is 0 Å². The lowest BCUT2D eigenvalue weighted by Gasteiger charge is -2.39. The second-order valence-electron chi connectivity index (χ2n) is 4.16. The Labute approximate surface area is 82.9 Å². The van der Waals surface area contributed by atoms with Crippen LogP contribution in [0.4, 0.5) is 0 Å². The van der Waals surface area contributed by atoms with Gasteiger partial charge in [0.05, 0.1) is 5.60 Å². The van der Waals surface area contributed by atoms with Crippen molar-refractivity contribution in [2.24, 2.45) is 0 Å². The third-order valence-electron chi connectivity index (χ3n) is 2.43. The number of nitrogens with zero attached hydrogens (tertiary/aromatic N) is 1. The van der Waals surface area contributed by atoms with Gasteiger partial charge in [0.2, 0.25) is 0 Å². The molecule has 0 aromatic heterocycles. The molecule has 0 amide bonds. The fraction of sp³-hybridized carbons (Fsp3) is 1.00. The zero-order valence-electron chi connectivity index (χ0n) is 9.80. The summed E-state index contributed by atoms with van der Waals surface area (Å²) in [5, 5.41) is 9.75. The summed E-state index contributed by atoms with van der Waals surface area (Å²) in [5.41, 5.74) is -0.442. The van der Waals surface area contributed by atoms with Gasteiger partial charge in [-0.05, 0) is 40.2 Å². The fourth-order valence-electron chi connectivity index (χ4n) is 1.70. The molecule has 1 fully saturated rings. The lowest BCUT2D eigenvalue weighted by molar-refractivity contribution is -0.0252. The highest BCUT2D eigenvalue weighted by Gasteiger charge is 2.29. The molecule has 0 aromatic rings. The van der Waals surface area contributed by atoms with Crippen LogP contribution < -0.4 is 0 Å². The maximum Gasteiger partial charge on any atom is 0.0746 e. The van der Waals surface area contributed by atoms with Gasteiger partial charge in [0.15, 0.2) is 0 Å². The Balaban J connectivity index is 0.000000671. The van der Waals surface area contributed by atoms with Crippen LogP contribution in [-0.2, 0) is 0 Å². The van der Waals surface area contributed by atoms with Crippen LogP contribution in [0.25, 0.3) is 0 Å². The Morgan fingerprint density at radius 1 is 1.31 bits per heavy atom. The molecule has 1 heterocycles. The van der Waals surface area contributed by atoms with E-state index in [0.717, 1.165) is 25.9 Å². The van der Waals surface area contributed by atoms with Crippen LogP contribution in [0.15, 0.2) is 0 Å². The topological polar surface area (TPSA) is 23.5 Å². The largest absolute Gasteiger partial charge is 0.389 e. The van der Waals surface area contributed by atoms with Crippen molar-refractivity contribution in [3.05, 3.63) is 0 Å². The summed E-state index contributed by atoms with van der Waals surface area (Å²) in [5.74, 6) is 0. The summed E-state index contributed by atoms with van der Waals surface area (Å²) in [6, 6.07) is 0.571. The first-order valence-electron chi connectivity index (χ1n) is 5.48. The van der Waals surface area contributed by atoms with Gasteiger partial charge in [-0.3, -0.25) is 4.90 Å². The average Bonchev–Trinajstić information content (AvgIpc) is 2.06. The first-order valence-corrected chi connectivity index (χ1v) is 5.48. The van der Waals surface area contributed by atoms with Crippen molar-refractivity contribution >= 4 is 0 Å². The molecule has 0 radical (unpaired) electrons. The van der Waals surface area contributed by atoms with E-state index in [1.807, 2.05) is 20.8 Å². The van der Waals surface area contributed by atoms with Gasteiger partial charge in [-0.25, -0.2) is 0 Å². The maximum absolute atomic E-state index is 9.75. The van der Waals surface area contributed by atoms with E-state index in [0.29, 0.717) is 6.04 Å². The first kappa shape index (κ1) is 12.9. The Morgan fingerprint density at radius 3 is 2.15 bits per heavy atom. The van der Waals surface area contributed by atoms with Crippen molar-refractivity contribution in [1.82, 2.24) is 4.90 Å². The maximum atomic E-state index is 9.75. The standard InChI is InChI=1S/C9H19NO.C2H6/c1-8(2)10-6-4-5-9(3,11)7-10;1-2/h8,11H,4-7H2,1-3H3;1-2H3. The monoisotopic (exact) mass is 187 g/mol. The quantitative estimate of drug-likeness (QED) is 0.680. The Hall–Kier alpha value is -0.0800. The van der Waals surface area contributed by atoms with Crippen LogP contribution in [0.5, 0.6) is 0 Å². The van der Waals surface area contributed by atoms with E-state index in [4.69, 9.17) is 0 Å². The van der Waals surface area contributed by atoms with E-state index >= 15 is 0 Å². The summed E-state index contributed by atoms with van der Waals surface area (Å²) in [7, 11) is 0. The summed E-state index contributed by atoms with van der Waals surface area (Å²) in [4.78, 5) is 2.34. The number of piperidine rings is 1. The van der Waals surface area contributed by atoms with Gasteiger partial charge < -0.3 is 5.11 Å². The number of hydrogen-bond acceptors (Lipinski definition) is 2. The zero-order chi connectivity index (χ0) is 10.5. The number of rotatable bonds is 1. The van der Waals surface area contributed by atoms with Crippen molar-refractivity contribution in [1.29, 1.82) is 0 Å². The molecule has 1 aliphatic rings. The second kappa shape index (κ2) is 5.61. The van der Waals surface area contributed by atoms with Crippen LogP contribution in [0.3, 0.4) is 0 Å². The first-order chi connectivity index (χ1) is 6.01. The summed E-state index contributed by atoms with van der Waals surface area (Å²) >= 11 is 0. The third-order valence-corrected chi connectivity index (χ3v) is 2.43. The van der Waals surface area contributed by atoms with Crippen molar-refractivity contribution in [2.45, 2.75) is 59.1 Å². The van der Waals surface area contributed by atoms with Crippen molar-refractivity contribution in [3.8, 4) is 0 Å². The minimum Gasteiger partial charge on any atom is -0.389 e. The summed E-state index contributed by atoms with van der Waals surface area (Å²) < 4.78 is 0. The molecule has 1 saturated heterocycles. The Bertz CT molecular complexity index is 132. The Kier molecular flexibility index (Phi) is 5.57. The third kappa shape index (κ3) is 4.63. The SMILES string of the molecule is CC.CC(C)N1CCCC(C)(O)C1. The number of likely N-dealkylation sites (tertiary alicyclic amines) is 1. The molecule has 13 heavy (non-hydrogen) atoms. The molecule has 0 aliphatic carbocycles. The summed E-state index contributed by atoms with van der Waals surface area (Å²) in [6.07, 6.45) is 2.08.